The van der Waals surface area contributed by atoms with Crippen molar-refractivity contribution in [3.05, 3.63) is 160 Å². The van der Waals surface area contributed by atoms with Crippen LogP contribution in [-0.2, 0) is 45.4 Å². The Morgan fingerprint density at radius 2 is 1.38 bits per heavy atom. The number of ether oxygens (including phenoxy) is 1. The van der Waals surface area contributed by atoms with Gasteiger partial charge in [0.15, 0.2) is 0 Å². The standard InChI is InChI=1S/C39H31N4OPS2.Os/c1-4-15-34-36-38(42-46-40-36)35(39-37(34)41-47-43-39)23-22-29(24-30-26-44-25-28(30)5-2)27(3)45(31-16-9-6-10-17-31,32-18-11-7-12-19-32)33-20-13-8-14-21-33;/h4-21,24,36,38H,25-26H2,1-2H3;/q+1;/b15-4+,28-5?,29-27?,30-24?;. The van der Waals surface area contributed by atoms with Crippen molar-refractivity contribution in [2.45, 2.75) is 25.9 Å². The molecule has 0 spiro atoms. The van der Waals surface area contributed by atoms with Crippen molar-refractivity contribution in [1.82, 2.24) is 0 Å². The van der Waals surface area contributed by atoms with E-state index in [9.17, 15) is 0 Å². The first-order valence-electron chi connectivity index (χ1n) is 15.6. The van der Waals surface area contributed by atoms with Gasteiger partial charge in [-0.15, -0.1) is 0 Å². The fourth-order valence-corrected chi connectivity index (χ4v) is 13.5. The van der Waals surface area contributed by atoms with E-state index in [0.717, 1.165) is 39.0 Å². The molecule has 1 aliphatic carbocycles. The second-order valence-corrected chi connectivity index (χ2v) is 16.4. The Balaban J connectivity index is 1.57. The molecule has 0 radical (unpaired) electrons. The molecule has 3 aromatic rings. The summed E-state index contributed by atoms with van der Waals surface area (Å²) in [6.45, 7) is 5.20. The van der Waals surface area contributed by atoms with Gasteiger partial charge in [0, 0.05) is 0 Å². The molecule has 48 heavy (non-hydrogen) atoms. The van der Waals surface area contributed by atoms with Gasteiger partial charge in [0.05, 0.1) is 0 Å². The molecule has 3 aliphatic heterocycles. The van der Waals surface area contributed by atoms with Crippen LogP contribution in [0, 0.1) is 16.2 Å². The molecule has 2 unspecified atom stereocenters. The topological polar surface area (TPSA) is 58.7 Å². The summed E-state index contributed by atoms with van der Waals surface area (Å²) in [6.07, 6.45) is 8.49. The first kappa shape index (κ1) is 32.6. The van der Waals surface area contributed by atoms with E-state index in [4.69, 9.17) is 22.2 Å². The molecule has 1 fully saturated rings. The molecule has 4 aliphatic rings. The molecule has 3 heterocycles. The molecule has 237 valence electrons. The second-order valence-electron chi connectivity index (χ2n) is 11.3. The maximum absolute atomic E-state index is 5.96. The van der Waals surface area contributed by atoms with Crippen molar-refractivity contribution < 1.29 is 22.7 Å². The van der Waals surface area contributed by atoms with Crippen LogP contribution in [0.1, 0.15) is 13.8 Å². The van der Waals surface area contributed by atoms with Crippen molar-refractivity contribution in [3.63, 3.8) is 0 Å². The van der Waals surface area contributed by atoms with Gasteiger partial charge in [0.2, 0.25) is 0 Å². The predicted octanol–water partition coefficient (Wildman–Crippen LogP) is 7.41. The summed E-state index contributed by atoms with van der Waals surface area (Å²) < 4.78 is 28.8. The average molecular weight is 857 g/mol. The summed E-state index contributed by atoms with van der Waals surface area (Å²) in [5.41, 5.74) is 6.78. The van der Waals surface area contributed by atoms with Crippen LogP contribution in [-0.4, -0.2) is 25.3 Å². The van der Waals surface area contributed by atoms with Crippen LogP contribution in [0.3, 0.4) is 0 Å². The van der Waals surface area contributed by atoms with Gasteiger partial charge in [-0.25, -0.2) is 0 Å². The minimum atomic E-state index is -2.50. The monoisotopic (exact) mass is 858 g/mol. The third-order valence-corrected chi connectivity index (χ3v) is 15.2. The third-order valence-electron chi connectivity index (χ3n) is 8.63. The molecule has 0 saturated carbocycles. The fourth-order valence-electron chi connectivity index (χ4n) is 6.42. The third kappa shape index (κ3) is 5.87. The summed E-state index contributed by atoms with van der Waals surface area (Å²) in [5.74, 6) is 7.35. The first-order chi connectivity index (χ1) is 23.7. The van der Waals surface area contributed by atoms with E-state index in [-0.39, 0.29) is 12.1 Å². The maximum atomic E-state index is 5.96. The quantitative estimate of drug-likeness (QED) is 0.188. The van der Waals surface area contributed by atoms with Gasteiger partial charge in [-0.05, 0) is 0 Å². The van der Waals surface area contributed by atoms with E-state index in [1.807, 2.05) is 13.0 Å². The van der Waals surface area contributed by atoms with E-state index in [2.05, 4.69) is 132 Å². The van der Waals surface area contributed by atoms with Crippen LogP contribution >= 0.6 is 7.26 Å². The summed E-state index contributed by atoms with van der Waals surface area (Å²) in [4.78, 5) is 0. The number of benzene rings is 3. The Bertz CT molecular complexity index is 2130. The molecule has 0 N–H and O–H groups in total. The van der Waals surface area contributed by atoms with Gasteiger partial charge in [-0.1, -0.05) is 0 Å². The summed E-state index contributed by atoms with van der Waals surface area (Å²) in [6, 6.07) is 32.2. The number of nitrogens with zero attached hydrogens (tertiary/aromatic N) is 4. The molecule has 0 bridgehead atoms. The van der Waals surface area contributed by atoms with E-state index in [1.54, 1.807) is 17.9 Å². The number of allylic oxidation sites excluding steroid dienone is 5. The van der Waals surface area contributed by atoms with Crippen LogP contribution in [0.25, 0.3) is 0 Å². The van der Waals surface area contributed by atoms with Crippen molar-refractivity contribution in [1.29, 1.82) is 0 Å². The molecule has 0 aromatic heterocycles. The van der Waals surface area contributed by atoms with Gasteiger partial charge < -0.3 is 0 Å². The van der Waals surface area contributed by atoms with E-state index in [0.29, 0.717) is 13.2 Å². The summed E-state index contributed by atoms with van der Waals surface area (Å²) in [7, 11) is -2.50. The van der Waals surface area contributed by atoms with Crippen molar-refractivity contribution in [3.8, 4) is 16.2 Å². The molecule has 5 nitrogen and oxygen atoms in total. The molecule has 7 rings (SSSR count). The zero-order valence-corrected chi connectivity index (χ0v) is 31.4. The van der Waals surface area contributed by atoms with Gasteiger partial charge >= 0.3 is 301 Å². The van der Waals surface area contributed by atoms with Gasteiger partial charge in [-0.3, -0.25) is 0 Å². The van der Waals surface area contributed by atoms with Gasteiger partial charge in [-0.2, -0.15) is 0 Å². The number of hydrogen-bond acceptors (Lipinski definition) is 5. The van der Waals surface area contributed by atoms with Crippen molar-refractivity contribution in [2.75, 3.05) is 13.2 Å². The Hall–Kier alpha value is -3.89. The van der Waals surface area contributed by atoms with Crippen molar-refractivity contribution in [2.24, 2.45) is 17.5 Å². The number of fused-ring (bicyclic) bond motifs is 2. The summed E-state index contributed by atoms with van der Waals surface area (Å²) in [5, 5.41) is 4.81. The molecule has 9 heteroatoms. The zero-order chi connectivity index (χ0) is 32.9. The molecular weight excluding hydrogens is 826 g/mol. The van der Waals surface area contributed by atoms with Gasteiger partial charge in [0.25, 0.3) is 0 Å². The van der Waals surface area contributed by atoms with Crippen molar-refractivity contribution >= 4 is 45.9 Å². The zero-order valence-electron chi connectivity index (χ0n) is 26.4. The van der Waals surface area contributed by atoms with Crippen LogP contribution in [0.5, 0.6) is 0 Å². The van der Waals surface area contributed by atoms with E-state index >= 15 is 0 Å². The van der Waals surface area contributed by atoms with Crippen LogP contribution in [0.15, 0.2) is 177 Å². The second kappa shape index (κ2) is 14.7. The molecular formula is C39H31N4OOsPS2+. The molecule has 2 atom stereocenters. The minimum absolute atomic E-state index is 0.148. The molecule has 3 aromatic carbocycles. The Kier molecular flexibility index (Phi) is 10.00. The first-order valence-corrected chi connectivity index (χ1v) is 20.1. The van der Waals surface area contributed by atoms with Crippen LogP contribution < -0.4 is 15.9 Å². The average Bonchev–Trinajstić information content (AvgIpc) is 3.93. The summed E-state index contributed by atoms with van der Waals surface area (Å²) >= 11 is 4.23. The SMILES string of the molecule is CC=C1COCC1=CC(C#CC1=C2N=S=NC2=C(/C=C/C)C2N=S=NC12)=C([C]#[Os])[P+](c1ccccc1)(c1ccccc1)c1ccccc1. The fraction of sp³-hybridized carbons (Fsp3) is 0.154. The van der Waals surface area contributed by atoms with Gasteiger partial charge in [0.1, 0.15) is 0 Å². The van der Waals surface area contributed by atoms with Crippen LogP contribution in [0.4, 0.5) is 0 Å². The molecule has 0 amide bonds. The van der Waals surface area contributed by atoms with E-state index in [1.165, 1.54) is 44.2 Å². The van der Waals surface area contributed by atoms with Crippen LogP contribution in [0.2, 0.25) is 0 Å². The predicted molar refractivity (Wildman–Crippen MR) is 197 cm³/mol. The Morgan fingerprint density at radius 3 is 1.96 bits per heavy atom. The van der Waals surface area contributed by atoms with E-state index < -0.39 is 7.26 Å². The Morgan fingerprint density at radius 1 is 0.792 bits per heavy atom. The Labute approximate surface area is 299 Å². The number of hydrogen-bond donors (Lipinski definition) is 0. The number of rotatable bonds is 6. The molecule has 1 saturated heterocycles. The normalized spacial score (nSPS) is 21.9.